The summed E-state index contributed by atoms with van der Waals surface area (Å²) >= 11 is 2.84. The van der Waals surface area contributed by atoms with Crippen LogP contribution in [0.2, 0.25) is 0 Å². The van der Waals surface area contributed by atoms with E-state index in [4.69, 9.17) is 0 Å². The van der Waals surface area contributed by atoms with E-state index < -0.39 is 0 Å². The Bertz CT molecular complexity index is 651. The van der Waals surface area contributed by atoms with Gasteiger partial charge in [0, 0.05) is 18.9 Å². The maximum Gasteiger partial charge on any atom is 0.261 e. The molecule has 0 aliphatic heterocycles. The van der Waals surface area contributed by atoms with Crippen molar-refractivity contribution in [1.29, 1.82) is 0 Å². The van der Waals surface area contributed by atoms with Crippen LogP contribution in [-0.2, 0) is 4.79 Å². The van der Waals surface area contributed by atoms with E-state index in [0.717, 1.165) is 17.8 Å². The molecule has 0 saturated carbocycles. The minimum Gasteiger partial charge on any atom is -0.351 e. The Hall–Kier alpha value is -1.80. The van der Waals surface area contributed by atoms with Crippen LogP contribution >= 0.6 is 22.7 Å². The predicted molar refractivity (Wildman–Crippen MR) is 97.7 cm³/mol. The summed E-state index contributed by atoms with van der Waals surface area (Å²) in [6, 6.07) is 3.62. The molecule has 130 valence electrons. The first-order valence-corrected chi connectivity index (χ1v) is 9.78. The van der Waals surface area contributed by atoms with Crippen molar-refractivity contribution < 1.29 is 9.59 Å². The van der Waals surface area contributed by atoms with Gasteiger partial charge in [0.15, 0.2) is 0 Å². The minimum absolute atomic E-state index is 0.0932. The second-order valence-electron chi connectivity index (χ2n) is 5.34. The molecule has 0 saturated heterocycles. The van der Waals surface area contributed by atoms with Gasteiger partial charge in [-0.15, -0.1) is 21.5 Å². The van der Waals surface area contributed by atoms with Gasteiger partial charge in [-0.2, -0.15) is 0 Å². The summed E-state index contributed by atoms with van der Waals surface area (Å²) in [5.74, 6) is 0.206. The van der Waals surface area contributed by atoms with E-state index in [1.807, 2.05) is 11.4 Å². The van der Waals surface area contributed by atoms with Crippen LogP contribution < -0.4 is 10.6 Å². The molecular formula is C16H22N4O2S2. The lowest BCUT2D eigenvalue weighted by molar-refractivity contribution is -0.116. The summed E-state index contributed by atoms with van der Waals surface area (Å²) in [4.78, 5) is 24.4. The molecule has 0 aliphatic rings. The van der Waals surface area contributed by atoms with Gasteiger partial charge in [0.1, 0.15) is 5.01 Å². The fraction of sp³-hybridized carbons (Fsp3) is 0.500. The summed E-state index contributed by atoms with van der Waals surface area (Å²) < 4.78 is 0. The normalized spacial score (nSPS) is 10.8. The van der Waals surface area contributed by atoms with E-state index in [0.29, 0.717) is 35.3 Å². The van der Waals surface area contributed by atoms with Crippen molar-refractivity contribution in [2.45, 2.75) is 45.4 Å². The predicted octanol–water partition coefficient (Wildman–Crippen LogP) is 3.65. The van der Waals surface area contributed by atoms with Crippen molar-refractivity contribution in [3.63, 3.8) is 0 Å². The van der Waals surface area contributed by atoms with Gasteiger partial charge >= 0.3 is 0 Å². The van der Waals surface area contributed by atoms with E-state index in [2.05, 4.69) is 34.7 Å². The van der Waals surface area contributed by atoms with E-state index in [-0.39, 0.29) is 11.8 Å². The summed E-state index contributed by atoms with van der Waals surface area (Å²) in [5, 5.41) is 17.1. The molecule has 2 N–H and O–H groups in total. The fourth-order valence-corrected chi connectivity index (χ4v) is 3.88. The lowest BCUT2D eigenvalue weighted by Gasteiger charge is -2.06. The van der Waals surface area contributed by atoms with Gasteiger partial charge in [-0.3, -0.25) is 9.59 Å². The number of hydrogen-bond donors (Lipinski definition) is 2. The molecule has 24 heavy (non-hydrogen) atoms. The Kier molecular flexibility index (Phi) is 7.33. The number of carbonyl (C=O) groups excluding carboxylic acids is 2. The number of nitrogens with zero attached hydrogens (tertiary/aromatic N) is 2. The van der Waals surface area contributed by atoms with E-state index >= 15 is 0 Å². The SMILES string of the molecule is CCC(CC)c1nnc(NC(=O)CCCNC(=O)c2cccs2)s1. The average Bonchev–Trinajstić information content (AvgIpc) is 3.25. The molecule has 0 atom stereocenters. The third kappa shape index (κ3) is 5.38. The molecule has 2 heterocycles. The van der Waals surface area contributed by atoms with Crippen LogP contribution in [-0.4, -0.2) is 28.6 Å². The topological polar surface area (TPSA) is 84.0 Å². The lowest BCUT2D eigenvalue weighted by Crippen LogP contribution is -2.24. The molecule has 6 nitrogen and oxygen atoms in total. The maximum atomic E-state index is 11.9. The van der Waals surface area contributed by atoms with Crippen molar-refractivity contribution in [1.82, 2.24) is 15.5 Å². The summed E-state index contributed by atoms with van der Waals surface area (Å²) in [7, 11) is 0. The number of hydrogen-bond acceptors (Lipinski definition) is 6. The van der Waals surface area contributed by atoms with Gasteiger partial charge in [0.05, 0.1) is 4.88 Å². The summed E-state index contributed by atoms with van der Waals surface area (Å²) in [6.45, 7) is 4.72. The third-order valence-corrected chi connectivity index (χ3v) is 5.50. The van der Waals surface area contributed by atoms with Gasteiger partial charge in [-0.1, -0.05) is 31.3 Å². The Balaban J connectivity index is 1.69. The first-order valence-electron chi connectivity index (χ1n) is 8.09. The van der Waals surface area contributed by atoms with Crippen LogP contribution in [0.15, 0.2) is 17.5 Å². The third-order valence-electron chi connectivity index (χ3n) is 3.63. The average molecular weight is 367 g/mol. The van der Waals surface area contributed by atoms with Crippen molar-refractivity contribution in [2.24, 2.45) is 0 Å². The first-order chi connectivity index (χ1) is 11.6. The molecule has 0 radical (unpaired) electrons. The highest BCUT2D eigenvalue weighted by Crippen LogP contribution is 2.28. The summed E-state index contributed by atoms with van der Waals surface area (Å²) in [6.07, 6.45) is 2.96. The first kappa shape index (κ1) is 18.5. The van der Waals surface area contributed by atoms with Crippen LogP contribution in [0.5, 0.6) is 0 Å². The molecule has 2 rings (SSSR count). The van der Waals surface area contributed by atoms with Crippen molar-refractivity contribution in [3.8, 4) is 0 Å². The Morgan fingerprint density at radius 3 is 2.71 bits per heavy atom. The lowest BCUT2D eigenvalue weighted by atomic mass is 10.1. The molecular weight excluding hydrogens is 344 g/mol. The zero-order valence-corrected chi connectivity index (χ0v) is 15.5. The highest BCUT2D eigenvalue weighted by atomic mass is 32.1. The van der Waals surface area contributed by atoms with Crippen LogP contribution in [0.4, 0.5) is 5.13 Å². The maximum absolute atomic E-state index is 11.9. The Labute approximate surface area is 149 Å². The van der Waals surface area contributed by atoms with Gasteiger partial charge < -0.3 is 10.6 Å². The second kappa shape index (κ2) is 9.48. The van der Waals surface area contributed by atoms with Crippen LogP contribution in [0.3, 0.4) is 0 Å². The molecule has 0 aliphatic carbocycles. The zero-order valence-electron chi connectivity index (χ0n) is 13.9. The number of thiophene rings is 1. The van der Waals surface area contributed by atoms with Gasteiger partial charge in [-0.25, -0.2) is 0 Å². The van der Waals surface area contributed by atoms with Crippen LogP contribution in [0, 0.1) is 0 Å². The number of aromatic nitrogens is 2. The Morgan fingerprint density at radius 2 is 2.04 bits per heavy atom. The van der Waals surface area contributed by atoms with Gasteiger partial charge in [-0.05, 0) is 30.7 Å². The fourth-order valence-electron chi connectivity index (χ4n) is 2.22. The number of rotatable bonds is 9. The minimum atomic E-state index is -0.104. The van der Waals surface area contributed by atoms with Crippen molar-refractivity contribution in [3.05, 3.63) is 27.4 Å². The Morgan fingerprint density at radius 1 is 1.25 bits per heavy atom. The molecule has 8 heteroatoms. The van der Waals surface area contributed by atoms with Gasteiger partial charge in [0.25, 0.3) is 5.91 Å². The molecule has 2 aromatic heterocycles. The summed E-state index contributed by atoms with van der Waals surface area (Å²) in [5.41, 5.74) is 0. The molecule has 0 spiro atoms. The monoisotopic (exact) mass is 366 g/mol. The second-order valence-corrected chi connectivity index (χ2v) is 7.30. The van der Waals surface area contributed by atoms with E-state index in [9.17, 15) is 9.59 Å². The van der Waals surface area contributed by atoms with E-state index in [1.165, 1.54) is 22.7 Å². The molecule has 2 aromatic rings. The molecule has 0 bridgehead atoms. The zero-order chi connectivity index (χ0) is 17.4. The van der Waals surface area contributed by atoms with Crippen molar-refractivity contribution in [2.75, 3.05) is 11.9 Å². The van der Waals surface area contributed by atoms with Crippen molar-refractivity contribution >= 4 is 39.6 Å². The molecule has 2 amide bonds. The number of carbonyl (C=O) groups is 2. The smallest absolute Gasteiger partial charge is 0.261 e. The highest BCUT2D eigenvalue weighted by molar-refractivity contribution is 7.15. The largest absolute Gasteiger partial charge is 0.351 e. The van der Waals surface area contributed by atoms with E-state index in [1.54, 1.807) is 6.07 Å². The standard InChI is InChI=1S/C16H22N4O2S2/c1-3-11(4-2)15-19-20-16(24-15)18-13(21)8-5-9-17-14(22)12-7-6-10-23-12/h6-7,10-11H,3-5,8-9H2,1-2H3,(H,17,22)(H,18,20,21). The number of amides is 2. The highest BCUT2D eigenvalue weighted by Gasteiger charge is 2.14. The molecule has 0 fully saturated rings. The van der Waals surface area contributed by atoms with Gasteiger partial charge in [0.2, 0.25) is 11.0 Å². The quantitative estimate of drug-likeness (QED) is 0.664. The molecule has 0 unspecified atom stereocenters. The number of nitrogens with one attached hydrogen (secondary N) is 2. The van der Waals surface area contributed by atoms with Crippen LogP contribution in [0.1, 0.15) is 60.1 Å². The number of anilines is 1. The van der Waals surface area contributed by atoms with Crippen LogP contribution in [0.25, 0.3) is 0 Å². The molecule has 0 aromatic carbocycles.